The Morgan fingerprint density at radius 3 is 2.52 bits per heavy atom. The molecule has 0 aliphatic carbocycles. The molecule has 1 unspecified atom stereocenters. The molecule has 1 N–H and O–H groups in total. The van der Waals surface area contributed by atoms with Crippen molar-refractivity contribution < 1.29 is 9.59 Å². The van der Waals surface area contributed by atoms with Crippen LogP contribution in [-0.4, -0.2) is 38.9 Å². The largest absolute Gasteiger partial charge is 0.327 e. The summed E-state index contributed by atoms with van der Waals surface area (Å²) in [6.07, 6.45) is 5.94. The molecule has 6 nitrogen and oxygen atoms in total. The van der Waals surface area contributed by atoms with Crippen LogP contribution < -0.4 is 5.32 Å². The van der Waals surface area contributed by atoms with Crippen molar-refractivity contribution in [2.75, 3.05) is 11.9 Å². The van der Waals surface area contributed by atoms with E-state index >= 15 is 0 Å². The average Bonchev–Trinajstić information content (AvgIpc) is 2.98. The van der Waals surface area contributed by atoms with E-state index < -0.39 is 6.04 Å². The molecule has 0 saturated carbocycles. The lowest BCUT2D eigenvalue weighted by Crippen LogP contribution is -2.50. The van der Waals surface area contributed by atoms with Crippen LogP contribution in [0.15, 0.2) is 30.6 Å². The highest BCUT2D eigenvalue weighted by Crippen LogP contribution is 2.22. The fourth-order valence-electron chi connectivity index (χ4n) is 3.39. The Morgan fingerprint density at radius 1 is 1.16 bits per heavy atom. The Hall–Kier alpha value is -2.63. The van der Waals surface area contributed by atoms with Gasteiger partial charge in [-0.1, -0.05) is 17.2 Å². The van der Waals surface area contributed by atoms with Gasteiger partial charge < -0.3 is 9.47 Å². The van der Waals surface area contributed by atoms with Gasteiger partial charge in [-0.15, -0.1) is 0 Å². The summed E-state index contributed by atoms with van der Waals surface area (Å²) in [7, 11) is 1.82. The van der Waals surface area contributed by atoms with E-state index in [4.69, 9.17) is 0 Å². The van der Waals surface area contributed by atoms with Gasteiger partial charge in [0.05, 0.1) is 0 Å². The molecule has 2 heterocycles. The first kappa shape index (κ1) is 17.2. The zero-order valence-electron chi connectivity index (χ0n) is 15.0. The Bertz CT molecular complexity index is 776. The van der Waals surface area contributed by atoms with E-state index in [1.807, 2.05) is 39.1 Å². The van der Waals surface area contributed by atoms with Crippen LogP contribution in [0.25, 0.3) is 0 Å². The van der Waals surface area contributed by atoms with Gasteiger partial charge in [0.25, 0.3) is 5.91 Å². The molecule has 0 spiro atoms. The van der Waals surface area contributed by atoms with Crippen LogP contribution >= 0.6 is 0 Å². The van der Waals surface area contributed by atoms with E-state index in [0.29, 0.717) is 24.5 Å². The Balaban J connectivity index is 1.81. The summed E-state index contributed by atoms with van der Waals surface area (Å²) < 4.78 is 1.75. The molecule has 6 heteroatoms. The number of rotatable bonds is 3. The van der Waals surface area contributed by atoms with Crippen molar-refractivity contribution in [1.82, 2.24) is 14.5 Å². The third kappa shape index (κ3) is 3.73. The topological polar surface area (TPSA) is 67.2 Å². The lowest BCUT2D eigenvalue weighted by molar-refractivity contribution is -0.121. The number of nitrogens with one attached hydrogen (secondary N) is 1. The molecule has 1 aromatic carbocycles. The first-order chi connectivity index (χ1) is 12.0. The van der Waals surface area contributed by atoms with Crippen LogP contribution in [0, 0.1) is 13.8 Å². The van der Waals surface area contributed by atoms with Gasteiger partial charge in [-0.05, 0) is 45.2 Å². The molecular weight excluding hydrogens is 316 g/mol. The number of piperidine rings is 1. The number of anilines is 1. The van der Waals surface area contributed by atoms with Crippen LogP contribution in [0.3, 0.4) is 0 Å². The van der Waals surface area contributed by atoms with Crippen LogP contribution in [0.5, 0.6) is 0 Å². The number of aromatic nitrogens is 2. The highest BCUT2D eigenvalue weighted by atomic mass is 16.2. The molecule has 1 aromatic heterocycles. The number of aryl methyl sites for hydroxylation is 3. The van der Waals surface area contributed by atoms with Crippen LogP contribution in [0.1, 0.15) is 40.7 Å². The van der Waals surface area contributed by atoms with Gasteiger partial charge in [-0.3, -0.25) is 14.9 Å². The van der Waals surface area contributed by atoms with Crippen LogP contribution in [0.4, 0.5) is 5.95 Å². The van der Waals surface area contributed by atoms with Crippen molar-refractivity contribution in [2.45, 2.75) is 39.2 Å². The van der Waals surface area contributed by atoms with Crippen LogP contribution in [-0.2, 0) is 11.8 Å². The number of hydrogen-bond acceptors (Lipinski definition) is 3. The summed E-state index contributed by atoms with van der Waals surface area (Å²) in [5.74, 6) is 0.243. The summed E-state index contributed by atoms with van der Waals surface area (Å²) in [5, 5.41) is 2.84. The number of likely N-dealkylation sites (tertiary alicyclic amines) is 1. The number of carbonyl (C=O) groups excluding carboxylic acids is 2. The molecule has 0 bridgehead atoms. The Labute approximate surface area is 147 Å². The van der Waals surface area contributed by atoms with Crippen molar-refractivity contribution in [2.24, 2.45) is 7.05 Å². The summed E-state index contributed by atoms with van der Waals surface area (Å²) in [6, 6.07) is 5.35. The van der Waals surface area contributed by atoms with Crippen molar-refractivity contribution in [1.29, 1.82) is 0 Å². The minimum absolute atomic E-state index is 0.0773. The second-order valence-corrected chi connectivity index (χ2v) is 6.74. The molecule has 1 saturated heterocycles. The van der Waals surface area contributed by atoms with E-state index in [-0.39, 0.29) is 11.8 Å². The van der Waals surface area contributed by atoms with E-state index in [1.54, 1.807) is 21.9 Å². The molecule has 1 aliphatic rings. The lowest BCUT2D eigenvalue weighted by Gasteiger charge is -2.34. The van der Waals surface area contributed by atoms with Gasteiger partial charge in [-0.25, -0.2) is 4.98 Å². The number of carbonyl (C=O) groups is 2. The first-order valence-corrected chi connectivity index (χ1v) is 8.63. The van der Waals surface area contributed by atoms with Crippen molar-refractivity contribution in [3.05, 3.63) is 47.3 Å². The summed E-state index contributed by atoms with van der Waals surface area (Å²) >= 11 is 0. The molecular formula is C19H24N4O2. The zero-order valence-corrected chi connectivity index (χ0v) is 15.0. The Kier molecular flexibility index (Phi) is 4.88. The number of amides is 2. The second-order valence-electron chi connectivity index (χ2n) is 6.74. The summed E-state index contributed by atoms with van der Waals surface area (Å²) in [4.78, 5) is 31.6. The van der Waals surface area contributed by atoms with Gasteiger partial charge in [-0.2, -0.15) is 0 Å². The number of imidazole rings is 1. The number of benzene rings is 1. The van der Waals surface area contributed by atoms with Crippen molar-refractivity contribution in [3.8, 4) is 0 Å². The quantitative estimate of drug-likeness (QED) is 0.934. The molecule has 0 radical (unpaired) electrons. The van der Waals surface area contributed by atoms with Gasteiger partial charge in [0.15, 0.2) is 0 Å². The summed E-state index contributed by atoms with van der Waals surface area (Å²) in [6.45, 7) is 4.56. The monoisotopic (exact) mass is 340 g/mol. The molecule has 25 heavy (non-hydrogen) atoms. The third-order valence-electron chi connectivity index (χ3n) is 4.59. The molecule has 3 rings (SSSR count). The standard InChI is InChI=1S/C19H24N4O2/c1-13-10-14(2)12-15(11-13)18(25)23-8-5-4-6-16(23)17(24)21-19-20-7-9-22(19)3/h7,9-12,16H,4-6,8H2,1-3H3,(H,20,21,24). The SMILES string of the molecule is Cc1cc(C)cc(C(=O)N2CCCCC2C(=O)Nc2nccn2C)c1. The fourth-order valence-corrected chi connectivity index (χ4v) is 3.39. The molecule has 2 aromatic rings. The summed E-state index contributed by atoms with van der Waals surface area (Å²) in [5.41, 5.74) is 2.75. The molecule has 1 aliphatic heterocycles. The number of nitrogens with zero attached hydrogens (tertiary/aromatic N) is 3. The van der Waals surface area contributed by atoms with Crippen LogP contribution in [0.2, 0.25) is 0 Å². The maximum Gasteiger partial charge on any atom is 0.254 e. The predicted molar refractivity (Wildman–Crippen MR) is 96.4 cm³/mol. The fraction of sp³-hybridized carbons (Fsp3) is 0.421. The van der Waals surface area contributed by atoms with E-state index in [9.17, 15) is 9.59 Å². The smallest absolute Gasteiger partial charge is 0.254 e. The maximum absolute atomic E-state index is 13.0. The molecule has 1 fully saturated rings. The van der Waals surface area contributed by atoms with Gasteiger partial charge in [0.1, 0.15) is 6.04 Å². The lowest BCUT2D eigenvalue weighted by atomic mass is 9.99. The van der Waals surface area contributed by atoms with E-state index in [0.717, 1.165) is 24.0 Å². The van der Waals surface area contributed by atoms with E-state index in [2.05, 4.69) is 10.3 Å². The van der Waals surface area contributed by atoms with Crippen molar-refractivity contribution in [3.63, 3.8) is 0 Å². The molecule has 1 atom stereocenters. The predicted octanol–water partition coefficient (Wildman–Crippen LogP) is 2.67. The number of hydrogen-bond donors (Lipinski definition) is 1. The van der Waals surface area contributed by atoms with E-state index in [1.165, 1.54) is 0 Å². The highest BCUT2D eigenvalue weighted by Gasteiger charge is 2.33. The zero-order chi connectivity index (χ0) is 18.0. The minimum atomic E-state index is -0.459. The minimum Gasteiger partial charge on any atom is -0.327 e. The van der Waals surface area contributed by atoms with Crippen molar-refractivity contribution >= 4 is 17.8 Å². The maximum atomic E-state index is 13.0. The third-order valence-corrected chi connectivity index (χ3v) is 4.59. The van der Waals surface area contributed by atoms with Gasteiger partial charge >= 0.3 is 0 Å². The molecule has 2 amide bonds. The highest BCUT2D eigenvalue weighted by molar-refractivity contribution is 6.01. The molecule has 132 valence electrons. The van der Waals surface area contributed by atoms with Gasteiger partial charge in [0.2, 0.25) is 11.9 Å². The average molecular weight is 340 g/mol. The normalized spacial score (nSPS) is 17.4. The Morgan fingerprint density at radius 2 is 1.88 bits per heavy atom. The van der Waals surface area contributed by atoms with Gasteiger partial charge in [0, 0.05) is 31.5 Å². The second kappa shape index (κ2) is 7.09. The first-order valence-electron chi connectivity index (χ1n) is 8.63.